The summed E-state index contributed by atoms with van der Waals surface area (Å²) >= 11 is 12.6. The smallest absolute Gasteiger partial charge is 0.272 e. The number of carbonyl (C=O) groups is 1. The van der Waals surface area contributed by atoms with Crippen LogP contribution in [-0.4, -0.2) is 16.8 Å². The van der Waals surface area contributed by atoms with Crippen LogP contribution in [0.1, 0.15) is 10.5 Å². The van der Waals surface area contributed by atoms with Crippen LogP contribution in [0.25, 0.3) is 0 Å². The van der Waals surface area contributed by atoms with Crippen LogP contribution in [0.5, 0.6) is 0 Å². The SMILES string of the molecule is O=C(NCC1C=CC=C1)c1nsc(Cl)c1Cl. The van der Waals surface area contributed by atoms with Crippen LogP contribution in [0.4, 0.5) is 0 Å². The zero-order valence-electron chi connectivity index (χ0n) is 8.11. The average molecular weight is 275 g/mol. The van der Waals surface area contributed by atoms with Crippen molar-refractivity contribution in [1.29, 1.82) is 0 Å². The molecule has 1 N–H and O–H groups in total. The van der Waals surface area contributed by atoms with E-state index in [0.29, 0.717) is 10.9 Å². The van der Waals surface area contributed by atoms with Crippen LogP contribution in [0.15, 0.2) is 24.3 Å². The van der Waals surface area contributed by atoms with Gasteiger partial charge in [0.2, 0.25) is 0 Å². The van der Waals surface area contributed by atoms with Crippen molar-refractivity contribution in [2.75, 3.05) is 6.54 Å². The number of hydrogen-bond acceptors (Lipinski definition) is 3. The molecule has 1 aliphatic carbocycles. The summed E-state index contributed by atoms with van der Waals surface area (Å²) in [6, 6.07) is 0. The highest BCUT2D eigenvalue weighted by atomic mass is 35.5. The van der Waals surface area contributed by atoms with E-state index in [1.54, 1.807) is 0 Å². The zero-order chi connectivity index (χ0) is 11.5. The number of allylic oxidation sites excluding steroid dienone is 2. The Morgan fingerprint density at radius 3 is 2.69 bits per heavy atom. The van der Waals surface area contributed by atoms with Crippen molar-refractivity contribution in [3.05, 3.63) is 39.4 Å². The van der Waals surface area contributed by atoms with Gasteiger partial charge in [-0.2, -0.15) is 4.37 Å². The third kappa shape index (κ3) is 2.45. The molecule has 0 aliphatic heterocycles. The van der Waals surface area contributed by atoms with Gasteiger partial charge in [0, 0.05) is 12.5 Å². The Bertz CT molecular complexity index is 455. The third-order valence-corrected chi connectivity index (χ3v) is 3.75. The van der Waals surface area contributed by atoms with E-state index >= 15 is 0 Å². The lowest BCUT2D eigenvalue weighted by Gasteiger charge is -2.06. The summed E-state index contributed by atoms with van der Waals surface area (Å²) in [4.78, 5) is 11.7. The zero-order valence-corrected chi connectivity index (χ0v) is 10.4. The van der Waals surface area contributed by atoms with Crippen LogP contribution in [-0.2, 0) is 0 Å². The molecule has 0 atom stereocenters. The fraction of sp³-hybridized carbons (Fsp3) is 0.200. The first-order valence-corrected chi connectivity index (χ1v) is 6.15. The molecule has 84 valence electrons. The molecule has 6 heteroatoms. The lowest BCUT2D eigenvalue weighted by molar-refractivity contribution is 0.0948. The number of nitrogens with one attached hydrogen (secondary N) is 1. The Kier molecular flexibility index (Phi) is 3.63. The fourth-order valence-electron chi connectivity index (χ4n) is 1.31. The van der Waals surface area contributed by atoms with Gasteiger partial charge in [0.1, 0.15) is 9.36 Å². The summed E-state index contributed by atoms with van der Waals surface area (Å²) in [6.45, 7) is 0.539. The molecular formula is C10H8Cl2N2OS. The van der Waals surface area contributed by atoms with E-state index in [9.17, 15) is 4.79 Å². The normalized spacial score (nSPS) is 14.6. The summed E-state index contributed by atoms with van der Waals surface area (Å²) in [5.41, 5.74) is 0.197. The number of carbonyl (C=O) groups excluding carboxylic acids is 1. The molecule has 0 aromatic carbocycles. The largest absolute Gasteiger partial charge is 0.350 e. The molecule has 0 unspecified atom stereocenters. The van der Waals surface area contributed by atoms with E-state index < -0.39 is 0 Å². The summed E-state index contributed by atoms with van der Waals surface area (Å²) in [5, 5.41) is 2.98. The van der Waals surface area contributed by atoms with Gasteiger partial charge in [0.05, 0.1) is 0 Å². The Morgan fingerprint density at radius 2 is 2.12 bits per heavy atom. The van der Waals surface area contributed by atoms with Gasteiger partial charge in [-0.3, -0.25) is 4.79 Å². The van der Waals surface area contributed by atoms with Crippen molar-refractivity contribution in [3.63, 3.8) is 0 Å². The lowest BCUT2D eigenvalue weighted by Crippen LogP contribution is -2.28. The van der Waals surface area contributed by atoms with Crippen LogP contribution in [0.3, 0.4) is 0 Å². The van der Waals surface area contributed by atoms with Crippen LogP contribution >= 0.6 is 34.7 Å². The van der Waals surface area contributed by atoms with E-state index in [-0.39, 0.29) is 22.5 Å². The Morgan fingerprint density at radius 1 is 1.44 bits per heavy atom. The number of hydrogen-bond donors (Lipinski definition) is 1. The van der Waals surface area contributed by atoms with Gasteiger partial charge in [0.25, 0.3) is 5.91 Å². The molecule has 0 fully saturated rings. The number of halogens is 2. The predicted molar refractivity (Wildman–Crippen MR) is 66.2 cm³/mol. The van der Waals surface area contributed by atoms with E-state index in [0.717, 1.165) is 11.5 Å². The highest BCUT2D eigenvalue weighted by Gasteiger charge is 2.17. The molecule has 1 heterocycles. The molecule has 3 nitrogen and oxygen atoms in total. The van der Waals surface area contributed by atoms with Gasteiger partial charge in [0.15, 0.2) is 5.69 Å². The minimum absolute atomic E-state index is 0.197. The number of rotatable bonds is 3. The Balaban J connectivity index is 1.95. The van der Waals surface area contributed by atoms with Crippen molar-refractivity contribution in [3.8, 4) is 0 Å². The third-order valence-electron chi connectivity index (χ3n) is 2.14. The molecule has 1 aliphatic rings. The maximum absolute atomic E-state index is 11.7. The second-order valence-corrected chi connectivity index (χ2v) is 5.02. The van der Waals surface area contributed by atoms with Gasteiger partial charge >= 0.3 is 0 Å². The molecule has 1 aromatic rings. The highest BCUT2D eigenvalue weighted by Crippen LogP contribution is 2.29. The van der Waals surface area contributed by atoms with Gasteiger partial charge in [-0.25, -0.2) is 0 Å². The van der Waals surface area contributed by atoms with Crippen LogP contribution < -0.4 is 5.32 Å². The van der Waals surface area contributed by atoms with E-state index in [1.807, 2.05) is 24.3 Å². The molecule has 0 bridgehead atoms. The molecule has 0 radical (unpaired) electrons. The molecule has 1 aromatic heterocycles. The van der Waals surface area contributed by atoms with Crippen molar-refractivity contribution in [2.45, 2.75) is 0 Å². The topological polar surface area (TPSA) is 42.0 Å². The highest BCUT2D eigenvalue weighted by molar-refractivity contribution is 7.11. The molecular weight excluding hydrogens is 267 g/mol. The molecule has 0 saturated carbocycles. The fourth-order valence-corrected chi connectivity index (χ4v) is 2.31. The Hall–Kier alpha value is -0.840. The summed E-state index contributed by atoms with van der Waals surface area (Å²) in [5.74, 6) is -0.0429. The molecule has 2 rings (SSSR count). The maximum Gasteiger partial charge on any atom is 0.272 e. The number of nitrogens with zero attached hydrogens (tertiary/aromatic N) is 1. The molecule has 0 saturated heterocycles. The van der Waals surface area contributed by atoms with E-state index in [1.165, 1.54) is 0 Å². The first-order chi connectivity index (χ1) is 7.68. The predicted octanol–water partition coefficient (Wildman–Crippen LogP) is 2.92. The van der Waals surface area contributed by atoms with Gasteiger partial charge in [-0.15, -0.1) is 0 Å². The van der Waals surface area contributed by atoms with E-state index in [2.05, 4.69) is 9.69 Å². The van der Waals surface area contributed by atoms with Crippen molar-refractivity contribution in [2.24, 2.45) is 5.92 Å². The monoisotopic (exact) mass is 274 g/mol. The summed E-state index contributed by atoms with van der Waals surface area (Å²) in [6.07, 6.45) is 7.92. The van der Waals surface area contributed by atoms with Gasteiger partial charge < -0.3 is 5.32 Å². The van der Waals surface area contributed by atoms with Crippen LogP contribution in [0, 0.1) is 5.92 Å². The standard InChI is InChI=1S/C10H8Cl2N2OS/c11-7-8(14-16-9(7)12)10(15)13-5-6-3-1-2-4-6/h1-4,6H,5H2,(H,13,15). The van der Waals surface area contributed by atoms with Gasteiger partial charge in [-0.05, 0) is 11.5 Å². The second kappa shape index (κ2) is 4.99. The van der Waals surface area contributed by atoms with Crippen LogP contribution in [0.2, 0.25) is 9.36 Å². The second-order valence-electron chi connectivity index (χ2n) is 3.26. The molecule has 16 heavy (non-hydrogen) atoms. The molecule has 0 spiro atoms. The maximum atomic E-state index is 11.7. The average Bonchev–Trinajstić information content (AvgIpc) is 2.88. The van der Waals surface area contributed by atoms with E-state index in [4.69, 9.17) is 23.2 Å². The first kappa shape index (κ1) is 11.6. The quantitative estimate of drug-likeness (QED) is 0.921. The minimum atomic E-state index is -0.290. The van der Waals surface area contributed by atoms with Gasteiger partial charge in [-0.1, -0.05) is 47.5 Å². The summed E-state index contributed by atoms with van der Waals surface area (Å²) in [7, 11) is 0. The van der Waals surface area contributed by atoms with Crippen molar-refractivity contribution >= 4 is 40.6 Å². The first-order valence-electron chi connectivity index (χ1n) is 4.62. The van der Waals surface area contributed by atoms with Crippen molar-refractivity contribution in [1.82, 2.24) is 9.69 Å². The minimum Gasteiger partial charge on any atom is -0.350 e. The molecule has 1 amide bonds. The summed E-state index contributed by atoms with van der Waals surface area (Å²) < 4.78 is 4.23. The number of aromatic nitrogens is 1. The van der Waals surface area contributed by atoms with Crippen molar-refractivity contribution < 1.29 is 4.79 Å². The Labute approximate surface area is 107 Å². The lowest BCUT2D eigenvalue weighted by atomic mass is 10.2. The number of amides is 1.